The normalized spacial score (nSPS) is 11.0. The molecule has 0 bridgehead atoms. The van der Waals surface area contributed by atoms with Gasteiger partial charge in [-0.1, -0.05) is 12.1 Å². The zero-order valence-corrected chi connectivity index (χ0v) is 12.2. The number of fused-ring (bicyclic) bond motifs is 2. The fraction of sp³-hybridized carbons (Fsp3) is 0.133. The Morgan fingerprint density at radius 1 is 1.24 bits per heavy atom. The van der Waals surface area contributed by atoms with Gasteiger partial charge in [-0.05, 0) is 18.6 Å². The summed E-state index contributed by atoms with van der Waals surface area (Å²) in [6.45, 7) is 1.89. The van der Waals surface area contributed by atoms with Crippen LogP contribution in [0.15, 0.2) is 33.9 Å². The summed E-state index contributed by atoms with van der Waals surface area (Å²) in [5.74, 6) is -0.678. The van der Waals surface area contributed by atoms with Crippen molar-refractivity contribution in [2.45, 2.75) is 6.92 Å². The zero-order valence-electron chi connectivity index (χ0n) is 11.4. The first-order valence-corrected chi connectivity index (χ1v) is 7.02. The molecule has 0 amide bonds. The van der Waals surface area contributed by atoms with E-state index in [2.05, 4.69) is 9.72 Å². The maximum Gasteiger partial charge on any atom is 0.354 e. The average Bonchev–Trinajstić information content (AvgIpc) is 2.48. The number of hydrogen-bond donors (Lipinski definition) is 1. The van der Waals surface area contributed by atoms with Crippen LogP contribution in [0.4, 0.5) is 0 Å². The average molecular weight is 301 g/mol. The Labute approximate surface area is 122 Å². The molecule has 0 radical (unpaired) electrons. The SMILES string of the molecule is COC(=O)c1cc(=O)c2sc3c(C)cccc3c(=O)c2[nH]1. The summed E-state index contributed by atoms with van der Waals surface area (Å²) >= 11 is 1.25. The fourth-order valence-electron chi connectivity index (χ4n) is 2.23. The smallest absolute Gasteiger partial charge is 0.354 e. The Bertz CT molecular complexity index is 1000. The van der Waals surface area contributed by atoms with Gasteiger partial charge in [-0.3, -0.25) is 9.59 Å². The van der Waals surface area contributed by atoms with Crippen molar-refractivity contribution in [2.24, 2.45) is 0 Å². The molecule has 3 aromatic rings. The quantitative estimate of drug-likeness (QED) is 0.552. The van der Waals surface area contributed by atoms with Crippen molar-refractivity contribution < 1.29 is 9.53 Å². The van der Waals surface area contributed by atoms with Gasteiger partial charge in [0.2, 0.25) is 5.43 Å². The third-order valence-corrected chi connectivity index (χ3v) is 4.63. The van der Waals surface area contributed by atoms with Gasteiger partial charge in [0.1, 0.15) is 15.9 Å². The number of carbonyl (C=O) groups is 1. The number of ether oxygens (including phenoxy) is 1. The molecule has 0 atom stereocenters. The summed E-state index contributed by atoms with van der Waals surface area (Å²) in [7, 11) is 1.22. The van der Waals surface area contributed by atoms with E-state index >= 15 is 0 Å². The second kappa shape index (κ2) is 4.82. The van der Waals surface area contributed by atoms with Crippen LogP contribution in [0.5, 0.6) is 0 Å². The van der Waals surface area contributed by atoms with Crippen molar-refractivity contribution in [2.75, 3.05) is 7.11 Å². The second-order valence-electron chi connectivity index (χ2n) is 4.63. The Kier molecular flexibility index (Phi) is 3.10. The summed E-state index contributed by atoms with van der Waals surface area (Å²) in [6, 6.07) is 6.55. The van der Waals surface area contributed by atoms with E-state index in [-0.39, 0.29) is 22.1 Å². The van der Waals surface area contributed by atoms with Gasteiger partial charge in [0.25, 0.3) is 0 Å². The Balaban J connectivity index is 2.52. The van der Waals surface area contributed by atoms with Gasteiger partial charge in [-0.2, -0.15) is 0 Å². The molecule has 0 fully saturated rings. The van der Waals surface area contributed by atoms with Gasteiger partial charge in [-0.15, -0.1) is 11.3 Å². The highest BCUT2D eigenvalue weighted by Crippen LogP contribution is 2.24. The molecule has 6 heteroatoms. The molecule has 5 nitrogen and oxygen atoms in total. The van der Waals surface area contributed by atoms with Gasteiger partial charge >= 0.3 is 5.97 Å². The minimum Gasteiger partial charge on any atom is -0.464 e. The molecule has 0 aliphatic rings. The third-order valence-electron chi connectivity index (χ3n) is 3.28. The summed E-state index contributed by atoms with van der Waals surface area (Å²) in [5.41, 5.74) is 0.409. The standard InChI is InChI=1S/C15H11NO4S/c1-7-4-3-5-8-12(18)11-14(21-13(7)8)10(17)6-9(16-11)15(19)20-2/h3-6H,1-2H3,(H,16,17). The first-order valence-electron chi connectivity index (χ1n) is 6.20. The number of H-pyrrole nitrogens is 1. The van der Waals surface area contributed by atoms with E-state index in [1.54, 1.807) is 12.1 Å². The number of aromatic nitrogens is 1. The molecular weight excluding hydrogens is 290 g/mol. The first-order chi connectivity index (χ1) is 10.0. The topological polar surface area (TPSA) is 76.2 Å². The van der Waals surface area contributed by atoms with Crippen LogP contribution in [0, 0.1) is 6.92 Å². The Morgan fingerprint density at radius 3 is 2.71 bits per heavy atom. The molecule has 2 heterocycles. The van der Waals surface area contributed by atoms with Crippen LogP contribution in [-0.2, 0) is 4.74 Å². The highest BCUT2D eigenvalue weighted by Gasteiger charge is 2.14. The summed E-state index contributed by atoms with van der Waals surface area (Å²) in [4.78, 5) is 39.0. The molecule has 0 aliphatic carbocycles. The van der Waals surface area contributed by atoms with Gasteiger partial charge in [0.15, 0.2) is 5.43 Å². The lowest BCUT2D eigenvalue weighted by molar-refractivity contribution is 0.0594. The van der Waals surface area contributed by atoms with Crippen molar-refractivity contribution in [3.05, 3.63) is 56.0 Å². The number of pyridine rings is 1. The van der Waals surface area contributed by atoms with Crippen LogP contribution in [0.2, 0.25) is 0 Å². The first kappa shape index (κ1) is 13.5. The highest BCUT2D eigenvalue weighted by atomic mass is 32.1. The number of esters is 1. The lowest BCUT2D eigenvalue weighted by atomic mass is 10.1. The number of hydrogen-bond acceptors (Lipinski definition) is 5. The molecule has 1 aromatic carbocycles. The minimum absolute atomic E-state index is 0.0219. The molecule has 0 unspecified atom stereocenters. The van der Waals surface area contributed by atoms with Crippen molar-refractivity contribution in [1.82, 2.24) is 4.98 Å². The highest BCUT2D eigenvalue weighted by molar-refractivity contribution is 7.24. The van der Waals surface area contributed by atoms with Gasteiger partial charge in [0, 0.05) is 16.2 Å². The molecule has 21 heavy (non-hydrogen) atoms. The number of nitrogens with one attached hydrogen (secondary N) is 1. The predicted molar refractivity (Wildman–Crippen MR) is 82.3 cm³/mol. The molecule has 106 valence electrons. The van der Waals surface area contributed by atoms with E-state index in [1.807, 2.05) is 13.0 Å². The minimum atomic E-state index is -0.678. The van der Waals surface area contributed by atoms with Crippen molar-refractivity contribution in [3.63, 3.8) is 0 Å². The molecular formula is C15H11NO4S. The van der Waals surface area contributed by atoms with E-state index in [0.29, 0.717) is 10.1 Å². The van der Waals surface area contributed by atoms with E-state index in [4.69, 9.17) is 0 Å². The van der Waals surface area contributed by atoms with Crippen LogP contribution in [-0.4, -0.2) is 18.1 Å². The van der Waals surface area contributed by atoms with Crippen molar-refractivity contribution in [1.29, 1.82) is 0 Å². The number of rotatable bonds is 1. The van der Waals surface area contributed by atoms with Gasteiger partial charge in [-0.25, -0.2) is 4.79 Å². The number of methoxy groups -OCH3 is 1. The predicted octanol–water partition coefficient (Wildman–Crippen LogP) is 2.20. The summed E-state index contributed by atoms with van der Waals surface area (Å²) < 4.78 is 5.68. The summed E-state index contributed by atoms with van der Waals surface area (Å²) in [5, 5.41) is 0.533. The van der Waals surface area contributed by atoms with Crippen LogP contribution in [0.25, 0.3) is 20.3 Å². The van der Waals surface area contributed by atoms with E-state index < -0.39 is 5.97 Å². The van der Waals surface area contributed by atoms with Crippen LogP contribution >= 0.6 is 11.3 Å². The number of aryl methyl sites for hydroxylation is 1. The van der Waals surface area contributed by atoms with Crippen molar-refractivity contribution >= 4 is 37.6 Å². The largest absolute Gasteiger partial charge is 0.464 e. The maximum atomic E-state index is 12.5. The number of carbonyl (C=O) groups excluding carboxylic acids is 1. The van der Waals surface area contributed by atoms with Crippen LogP contribution in [0.3, 0.4) is 0 Å². The van der Waals surface area contributed by atoms with Gasteiger partial charge < -0.3 is 9.72 Å². The Hall–Kier alpha value is -2.47. The molecule has 0 saturated carbocycles. The second-order valence-corrected chi connectivity index (χ2v) is 5.65. The lowest BCUT2D eigenvalue weighted by Gasteiger charge is -2.05. The molecule has 0 spiro atoms. The molecule has 1 N–H and O–H groups in total. The molecule has 3 rings (SSSR count). The monoisotopic (exact) mass is 301 g/mol. The zero-order chi connectivity index (χ0) is 15.1. The molecule has 2 aromatic heterocycles. The Morgan fingerprint density at radius 2 is 2.00 bits per heavy atom. The van der Waals surface area contributed by atoms with E-state index in [0.717, 1.165) is 16.3 Å². The number of aromatic amines is 1. The van der Waals surface area contributed by atoms with Gasteiger partial charge in [0.05, 0.1) is 7.11 Å². The van der Waals surface area contributed by atoms with E-state index in [1.165, 1.54) is 18.4 Å². The fourth-order valence-corrected chi connectivity index (χ4v) is 3.34. The van der Waals surface area contributed by atoms with Crippen LogP contribution in [0.1, 0.15) is 16.1 Å². The molecule has 0 aliphatic heterocycles. The van der Waals surface area contributed by atoms with E-state index in [9.17, 15) is 14.4 Å². The third kappa shape index (κ3) is 2.04. The maximum absolute atomic E-state index is 12.5. The van der Waals surface area contributed by atoms with Crippen molar-refractivity contribution in [3.8, 4) is 0 Å². The molecule has 0 saturated heterocycles. The van der Waals surface area contributed by atoms with Crippen LogP contribution < -0.4 is 10.9 Å². The lowest BCUT2D eigenvalue weighted by Crippen LogP contribution is -2.15. The number of benzene rings is 1. The summed E-state index contributed by atoms with van der Waals surface area (Å²) in [6.07, 6.45) is 0.